The number of pyridine rings is 2. The van der Waals surface area contributed by atoms with Crippen molar-refractivity contribution in [3.8, 4) is 0 Å². The van der Waals surface area contributed by atoms with Crippen LogP contribution in [0.4, 0.5) is 30.2 Å². The number of fused-ring (bicyclic) bond motifs is 2. The molecule has 9 aliphatic rings. The van der Waals surface area contributed by atoms with Crippen LogP contribution in [0.5, 0.6) is 0 Å². The number of carbonyl (C=O) groups excluding carboxylic acids is 6. The molecule has 137 heavy (non-hydrogen) atoms. The second-order valence-corrected chi connectivity index (χ2v) is 48.1. The van der Waals surface area contributed by atoms with Gasteiger partial charge in [-0.25, -0.2) is 32.7 Å². The summed E-state index contributed by atoms with van der Waals surface area (Å²) in [6.45, 7) is 36.6. The molecule has 748 valence electrons. The predicted octanol–water partition coefficient (Wildman–Crippen LogP) is 16.5. The SMILES string of the molecule is CC(C)(C)CCN1C(=O)[C@H](CC(=O)N2CCC(O)(c3ccc(Br)cc3)CC2)SC1c1cccc(F)c1N1CCN(C(C)(C)C)CC1.CN(C)C1CCN(c2c(F)cccc2[C@@H]2S[C@@H](CC(=O)N3CCC(n4c(=O)[nH]c5ncccc54)CC3)C(=O)N2CCC(C)(C)C)C1.CNC1CCN(c2c(F)cccc2[C@H]2S[C@@H](CC(=O)N3CCC(n4c(=O)[nH]c5ncccc54)CC3)C(=O)N2CCC(C)(C)C)C1.[HH].[HH].[HH]. The molecule has 9 fully saturated rings. The lowest BCUT2D eigenvalue weighted by molar-refractivity contribution is -0.139. The van der Waals surface area contributed by atoms with Crippen LogP contribution in [0.25, 0.3) is 22.3 Å². The van der Waals surface area contributed by atoms with Crippen LogP contribution in [0.15, 0.2) is 130 Å². The average molecular weight is 2010 g/mol. The van der Waals surface area contributed by atoms with E-state index in [1.807, 2.05) is 98.3 Å². The molecule has 0 saturated carbocycles. The number of likely N-dealkylation sites (N-methyl/N-ethyl adjacent to an activating group) is 2. The average Bonchev–Trinajstić information content (AvgIpc) is 1.61. The Kier molecular flexibility index (Phi) is 32.1. The number of H-pyrrole nitrogens is 2. The minimum Gasteiger partial charge on any atom is -0.385 e. The van der Waals surface area contributed by atoms with Crippen LogP contribution >= 0.6 is 51.2 Å². The lowest BCUT2D eigenvalue weighted by Gasteiger charge is -2.43. The Labute approximate surface area is 829 Å². The number of likely N-dealkylation sites (tertiary alicyclic amines) is 3. The third kappa shape index (κ3) is 23.8. The number of rotatable bonds is 23. The molecule has 0 radical (unpaired) electrons. The molecular formula is C103H146BrF3N18O9S3. The largest absolute Gasteiger partial charge is 0.385 e. The minimum atomic E-state index is -0.976. The van der Waals surface area contributed by atoms with Crippen molar-refractivity contribution in [2.75, 3.05) is 147 Å². The molecule has 3 unspecified atom stereocenters. The number of halogens is 4. The van der Waals surface area contributed by atoms with Gasteiger partial charge < -0.3 is 59.4 Å². The van der Waals surface area contributed by atoms with E-state index in [4.69, 9.17) is 0 Å². The first-order valence-corrected chi connectivity index (χ1v) is 52.6. The molecule has 27 nitrogen and oxygen atoms in total. The zero-order chi connectivity index (χ0) is 98.1. The molecule has 4 aromatic heterocycles. The Bertz CT molecular complexity index is 5760. The molecule has 4 aromatic carbocycles. The van der Waals surface area contributed by atoms with Crippen molar-refractivity contribution >= 4 is 126 Å². The van der Waals surface area contributed by atoms with Crippen molar-refractivity contribution in [3.63, 3.8) is 0 Å². The molecule has 9 aliphatic heterocycles. The van der Waals surface area contributed by atoms with Crippen molar-refractivity contribution in [2.24, 2.45) is 16.2 Å². The van der Waals surface area contributed by atoms with Crippen LogP contribution in [0.2, 0.25) is 0 Å². The van der Waals surface area contributed by atoms with Crippen molar-refractivity contribution < 1.29 is 51.3 Å². The summed E-state index contributed by atoms with van der Waals surface area (Å²) >= 11 is 7.89. The Morgan fingerprint density at radius 3 is 1.21 bits per heavy atom. The number of piperidine rings is 3. The lowest BCUT2D eigenvalue weighted by atomic mass is 9.84. The second-order valence-electron chi connectivity index (χ2n) is 43.3. The summed E-state index contributed by atoms with van der Waals surface area (Å²) in [7, 11) is 6.04. The van der Waals surface area contributed by atoms with E-state index in [0.717, 1.165) is 103 Å². The molecular weight excluding hydrogens is 1870 g/mol. The minimum absolute atomic E-state index is 0. The van der Waals surface area contributed by atoms with E-state index in [0.29, 0.717) is 151 Å². The van der Waals surface area contributed by atoms with Gasteiger partial charge in [-0.05, 0) is 189 Å². The number of para-hydroxylation sites is 3. The van der Waals surface area contributed by atoms with Crippen molar-refractivity contribution in [1.29, 1.82) is 0 Å². The summed E-state index contributed by atoms with van der Waals surface area (Å²) in [6.07, 6.45) is 11.4. The van der Waals surface area contributed by atoms with Crippen LogP contribution in [0.3, 0.4) is 0 Å². The van der Waals surface area contributed by atoms with E-state index < -0.39 is 21.4 Å². The highest BCUT2D eigenvalue weighted by Crippen LogP contribution is 2.53. The first kappa shape index (κ1) is 102. The zero-order valence-corrected chi connectivity index (χ0v) is 86.4. The van der Waals surface area contributed by atoms with Crippen molar-refractivity contribution in [1.82, 2.24) is 73.6 Å². The number of carbonyl (C=O) groups is 6. The molecule has 4 N–H and O–H groups in total. The van der Waals surface area contributed by atoms with E-state index in [9.17, 15) is 43.5 Å². The van der Waals surface area contributed by atoms with Crippen molar-refractivity contribution in [3.05, 3.63) is 181 Å². The van der Waals surface area contributed by atoms with Crippen molar-refractivity contribution in [2.45, 2.75) is 240 Å². The highest BCUT2D eigenvalue weighted by molar-refractivity contribution is 9.10. The number of nitrogens with one attached hydrogen (secondary N) is 3. The van der Waals surface area contributed by atoms with E-state index >= 15 is 13.2 Å². The van der Waals surface area contributed by atoms with E-state index in [1.54, 1.807) is 44.6 Å². The van der Waals surface area contributed by atoms with E-state index in [2.05, 4.69) is 163 Å². The number of aliphatic hydroxyl groups is 1. The topological polar surface area (TPSA) is 272 Å². The smallest absolute Gasteiger partial charge is 0.327 e. The number of hydrogen-bond acceptors (Lipinski definition) is 20. The van der Waals surface area contributed by atoms with Crippen LogP contribution in [-0.2, 0) is 34.4 Å². The van der Waals surface area contributed by atoms with Crippen LogP contribution in [0.1, 0.15) is 228 Å². The third-order valence-electron chi connectivity index (χ3n) is 29.0. The summed E-state index contributed by atoms with van der Waals surface area (Å²) in [6, 6.07) is 31.2. The molecule has 13 heterocycles. The number of piperazine rings is 1. The first-order chi connectivity index (χ1) is 65.0. The van der Waals surface area contributed by atoms with Gasteiger partial charge in [0.25, 0.3) is 0 Å². The van der Waals surface area contributed by atoms with Gasteiger partial charge in [0, 0.05) is 198 Å². The molecule has 17 rings (SSSR count). The molecule has 34 heteroatoms. The van der Waals surface area contributed by atoms with Gasteiger partial charge in [0.1, 0.15) is 33.6 Å². The maximum Gasteiger partial charge on any atom is 0.327 e. The van der Waals surface area contributed by atoms with Gasteiger partial charge in [0.05, 0.1) is 49.4 Å². The Balaban J connectivity index is 0.000000186. The molecule has 6 amide bonds. The summed E-state index contributed by atoms with van der Waals surface area (Å²) in [5, 5.41) is 11.9. The van der Waals surface area contributed by atoms with Crippen LogP contribution < -0.4 is 31.4 Å². The highest BCUT2D eigenvalue weighted by Gasteiger charge is 2.50. The maximum atomic E-state index is 15.7. The first-order valence-electron chi connectivity index (χ1n) is 49.0. The molecule has 8 atom stereocenters. The van der Waals surface area contributed by atoms with E-state index in [-0.39, 0.29) is 144 Å². The third-order valence-corrected chi connectivity index (χ3v) is 33.9. The number of thioether (sulfide) groups is 3. The Morgan fingerprint density at radius 1 is 0.482 bits per heavy atom. The summed E-state index contributed by atoms with van der Waals surface area (Å²) in [4.78, 5) is 145. The molecule has 0 aliphatic carbocycles. The summed E-state index contributed by atoms with van der Waals surface area (Å²) in [5.74, 6) is -1.16. The summed E-state index contributed by atoms with van der Waals surface area (Å²) in [5.41, 5.74) is 6.41. The lowest BCUT2D eigenvalue weighted by Crippen LogP contribution is -2.53. The fourth-order valence-electron chi connectivity index (χ4n) is 20.7. The number of aromatic amines is 2. The number of benzene rings is 4. The molecule has 0 spiro atoms. The number of imidazole rings is 2. The monoisotopic (exact) mass is 2010 g/mol. The summed E-state index contributed by atoms with van der Waals surface area (Å²) < 4.78 is 51.3. The fourth-order valence-corrected chi connectivity index (χ4v) is 25.5. The molecule has 8 aromatic rings. The fraction of sp³-hybridized carbons (Fsp3) is 0.592. The van der Waals surface area contributed by atoms with E-state index in [1.165, 1.54) is 53.5 Å². The number of anilines is 3. The van der Waals surface area contributed by atoms with Gasteiger partial charge in [-0.3, -0.25) is 52.8 Å². The number of aromatic nitrogens is 6. The van der Waals surface area contributed by atoms with Gasteiger partial charge in [-0.1, -0.05) is 127 Å². The zero-order valence-electron chi connectivity index (χ0n) is 82.3. The Morgan fingerprint density at radius 2 is 0.854 bits per heavy atom. The normalized spacial score (nSPS) is 23.0. The van der Waals surface area contributed by atoms with Crippen LogP contribution in [0, 0.1) is 33.7 Å². The molecule has 0 bridgehead atoms. The van der Waals surface area contributed by atoms with Crippen LogP contribution in [-0.4, -0.2) is 275 Å². The number of hydrogen-bond donors (Lipinski definition) is 4. The van der Waals surface area contributed by atoms with Gasteiger partial charge in [0.2, 0.25) is 35.4 Å². The quantitative estimate of drug-likeness (QED) is 0.0463. The number of nitrogens with zero attached hydrogens (tertiary/aromatic N) is 15. The molecule has 9 saturated heterocycles. The highest BCUT2D eigenvalue weighted by atomic mass is 79.9. The van der Waals surface area contributed by atoms with Gasteiger partial charge in [-0.2, -0.15) is 0 Å². The maximum absolute atomic E-state index is 15.7. The van der Waals surface area contributed by atoms with Gasteiger partial charge in [0.15, 0.2) is 11.3 Å². The number of amides is 6. The predicted molar refractivity (Wildman–Crippen MR) is 551 cm³/mol. The standard InChI is InChI=1S/C36H50BrFN4O3S.C34H46FN7O3S.C33H44FN7O3S.3H2/c1-34(2,3)14-19-42-32(44)29(24-30(43)39-17-15-36(45,16-18-39)25-10-12-26(37)13-11-25)46-33(42)27-8-7-9-28(38)31(27)40-20-22-41(23-21-40)35(4,5)6;1-34(2,3)14-19-41-31(44)27(46-32(41)24-8-6-9-25(35)29(24)40-18-13-23(21-40)38(4)5)20-28(43)39-16-11-22(12-17-39)42-26-10-7-15-36-30(26)37-33(42)45;1-33(2,3)13-18-40-30(43)26(45-31(40)23-7-5-8-24(34)28(23)39-15-10-21(20-39)35-4)19-27(42)38-16-11-22(12-17-38)41-25-9-6-14-36-29(25)37-32(41)44;;;/h7-13,29,33,45H,14-24H2,1-6H3;6-10,15,22-23,27,32H,11-14,16-21H2,1-5H3,(H,36,37,45);5-9,14,21-22,26,31,35H,10-13,15-20H2,1-4H3,(H,36,37,44);3*1H/t29-,33?;23?,27-,32-;21?,26-,31+;;;/m000.../s1. The van der Waals surface area contributed by atoms with Gasteiger partial charge in [-0.15, -0.1) is 35.3 Å². The Hall–Kier alpha value is -8.90. The second kappa shape index (κ2) is 42.9. The van der Waals surface area contributed by atoms with Gasteiger partial charge >= 0.3 is 11.4 Å².